The van der Waals surface area contributed by atoms with Gasteiger partial charge in [-0.3, -0.25) is 0 Å². The highest BCUT2D eigenvalue weighted by molar-refractivity contribution is 5.60. The van der Waals surface area contributed by atoms with Crippen LogP contribution in [-0.4, -0.2) is 17.0 Å². The second-order valence-electron chi connectivity index (χ2n) is 5.33. The van der Waals surface area contributed by atoms with Gasteiger partial charge in [0.05, 0.1) is 0 Å². The molecular weight excluding hydrogens is 246 g/mol. The van der Waals surface area contributed by atoms with Crippen LogP contribution < -0.4 is 5.32 Å². The van der Waals surface area contributed by atoms with E-state index in [4.69, 9.17) is 9.97 Å². The zero-order chi connectivity index (χ0) is 13.9. The number of fused-ring (bicyclic) bond motifs is 1. The second-order valence-corrected chi connectivity index (χ2v) is 5.33. The lowest BCUT2D eigenvalue weighted by molar-refractivity contribution is 0.665. The van der Waals surface area contributed by atoms with Gasteiger partial charge in [-0.15, -0.1) is 0 Å². The van der Waals surface area contributed by atoms with E-state index in [2.05, 4.69) is 36.5 Å². The first kappa shape index (κ1) is 13.1. The van der Waals surface area contributed by atoms with Gasteiger partial charge >= 0.3 is 0 Å². The Bertz CT molecular complexity index is 585. The molecule has 20 heavy (non-hydrogen) atoms. The maximum atomic E-state index is 4.80. The number of aromatic nitrogens is 2. The third kappa shape index (κ3) is 2.40. The fraction of sp³-hybridized carbons (Fsp3) is 0.412. The van der Waals surface area contributed by atoms with Gasteiger partial charge in [0.15, 0.2) is 5.82 Å². The van der Waals surface area contributed by atoms with Crippen LogP contribution in [0.5, 0.6) is 0 Å². The number of benzene rings is 1. The number of nitrogens with one attached hydrogen (secondary N) is 1. The van der Waals surface area contributed by atoms with E-state index in [1.165, 1.54) is 29.7 Å². The van der Waals surface area contributed by atoms with Gasteiger partial charge in [0.1, 0.15) is 5.82 Å². The number of anilines is 1. The van der Waals surface area contributed by atoms with Gasteiger partial charge in [-0.05, 0) is 37.7 Å². The minimum absolute atomic E-state index is 0.845. The normalized spacial score (nSPS) is 13.9. The first-order valence-electron chi connectivity index (χ1n) is 7.48. The Labute approximate surface area is 120 Å². The molecule has 0 saturated carbocycles. The van der Waals surface area contributed by atoms with Gasteiger partial charge in [0.25, 0.3) is 0 Å². The van der Waals surface area contributed by atoms with Gasteiger partial charge < -0.3 is 5.32 Å². The summed E-state index contributed by atoms with van der Waals surface area (Å²) in [6, 6.07) is 8.58. The van der Waals surface area contributed by atoms with Crippen molar-refractivity contribution in [3.63, 3.8) is 0 Å². The predicted molar refractivity (Wildman–Crippen MR) is 83.0 cm³/mol. The molecule has 0 radical (unpaired) electrons. The van der Waals surface area contributed by atoms with E-state index in [-0.39, 0.29) is 0 Å². The molecule has 0 saturated heterocycles. The molecule has 1 aliphatic rings. The van der Waals surface area contributed by atoms with Gasteiger partial charge in [0, 0.05) is 23.9 Å². The molecule has 104 valence electrons. The predicted octanol–water partition coefficient (Wildman–Crippen LogP) is 3.63. The van der Waals surface area contributed by atoms with E-state index in [0.29, 0.717) is 0 Å². The SMILES string of the molecule is CCc1ccc(-c2nc3c(c(NC)n2)CCCC3)cc1. The highest BCUT2D eigenvalue weighted by Crippen LogP contribution is 2.28. The Morgan fingerprint density at radius 1 is 1.05 bits per heavy atom. The molecule has 1 aromatic heterocycles. The van der Waals surface area contributed by atoms with Crippen molar-refractivity contribution in [1.82, 2.24) is 9.97 Å². The summed E-state index contributed by atoms with van der Waals surface area (Å²) in [5, 5.41) is 3.24. The lowest BCUT2D eigenvalue weighted by atomic mass is 9.96. The summed E-state index contributed by atoms with van der Waals surface area (Å²) in [6.07, 6.45) is 5.72. The fourth-order valence-electron chi connectivity index (χ4n) is 2.82. The van der Waals surface area contributed by atoms with Crippen LogP contribution in [-0.2, 0) is 19.3 Å². The average molecular weight is 267 g/mol. The van der Waals surface area contributed by atoms with Gasteiger partial charge in [-0.2, -0.15) is 0 Å². The zero-order valence-corrected chi connectivity index (χ0v) is 12.2. The summed E-state index contributed by atoms with van der Waals surface area (Å²) >= 11 is 0. The van der Waals surface area contributed by atoms with Crippen LogP contribution in [0.1, 0.15) is 36.6 Å². The van der Waals surface area contributed by atoms with Crippen molar-refractivity contribution in [2.75, 3.05) is 12.4 Å². The number of rotatable bonds is 3. The zero-order valence-electron chi connectivity index (χ0n) is 12.2. The summed E-state index contributed by atoms with van der Waals surface area (Å²) in [5.74, 6) is 1.85. The molecule has 3 heteroatoms. The van der Waals surface area contributed by atoms with Gasteiger partial charge in [0.2, 0.25) is 0 Å². The van der Waals surface area contributed by atoms with Crippen LogP contribution in [0, 0.1) is 0 Å². The van der Waals surface area contributed by atoms with Gasteiger partial charge in [-0.1, -0.05) is 31.2 Å². The molecule has 0 bridgehead atoms. The minimum Gasteiger partial charge on any atom is -0.373 e. The maximum absolute atomic E-state index is 4.80. The molecular formula is C17H21N3. The Balaban J connectivity index is 2.04. The molecule has 1 heterocycles. The summed E-state index contributed by atoms with van der Waals surface area (Å²) in [7, 11) is 1.95. The van der Waals surface area contributed by atoms with E-state index < -0.39 is 0 Å². The highest BCUT2D eigenvalue weighted by atomic mass is 15.0. The monoisotopic (exact) mass is 267 g/mol. The van der Waals surface area contributed by atoms with E-state index in [1.807, 2.05) is 7.05 Å². The third-order valence-electron chi connectivity index (χ3n) is 4.04. The van der Waals surface area contributed by atoms with Crippen LogP contribution >= 0.6 is 0 Å². The van der Waals surface area contributed by atoms with Crippen molar-refractivity contribution < 1.29 is 0 Å². The quantitative estimate of drug-likeness (QED) is 0.923. The van der Waals surface area contributed by atoms with Crippen LogP contribution in [0.25, 0.3) is 11.4 Å². The summed E-state index contributed by atoms with van der Waals surface area (Å²) in [4.78, 5) is 9.50. The number of hydrogen-bond donors (Lipinski definition) is 1. The minimum atomic E-state index is 0.845. The van der Waals surface area contributed by atoms with Crippen molar-refractivity contribution in [2.45, 2.75) is 39.0 Å². The van der Waals surface area contributed by atoms with Crippen molar-refractivity contribution in [3.05, 3.63) is 41.1 Å². The van der Waals surface area contributed by atoms with Crippen LogP contribution in [0.2, 0.25) is 0 Å². The molecule has 1 N–H and O–H groups in total. The third-order valence-corrected chi connectivity index (χ3v) is 4.04. The Morgan fingerprint density at radius 3 is 2.50 bits per heavy atom. The van der Waals surface area contributed by atoms with E-state index in [9.17, 15) is 0 Å². The van der Waals surface area contributed by atoms with E-state index in [1.54, 1.807) is 0 Å². The summed E-state index contributed by atoms with van der Waals surface area (Å²) in [6.45, 7) is 2.17. The maximum Gasteiger partial charge on any atom is 0.161 e. The molecule has 3 rings (SSSR count). The second kappa shape index (κ2) is 5.61. The molecule has 0 atom stereocenters. The molecule has 0 spiro atoms. The molecule has 3 nitrogen and oxygen atoms in total. The first-order valence-corrected chi connectivity index (χ1v) is 7.48. The van der Waals surface area contributed by atoms with Crippen LogP contribution in [0.4, 0.5) is 5.82 Å². The molecule has 1 aliphatic carbocycles. The number of hydrogen-bond acceptors (Lipinski definition) is 3. The Morgan fingerprint density at radius 2 is 1.80 bits per heavy atom. The smallest absolute Gasteiger partial charge is 0.161 e. The first-order chi connectivity index (χ1) is 9.81. The highest BCUT2D eigenvalue weighted by Gasteiger charge is 2.17. The fourth-order valence-corrected chi connectivity index (χ4v) is 2.82. The van der Waals surface area contributed by atoms with Crippen molar-refractivity contribution >= 4 is 5.82 Å². The standard InChI is InChI=1S/C17H21N3/c1-3-12-8-10-13(11-9-12)16-19-15-7-5-4-6-14(15)17(18-2)20-16/h8-11H,3-7H2,1-2H3,(H,18,19,20). The van der Waals surface area contributed by atoms with Crippen LogP contribution in [0.15, 0.2) is 24.3 Å². The van der Waals surface area contributed by atoms with E-state index >= 15 is 0 Å². The van der Waals surface area contributed by atoms with Gasteiger partial charge in [-0.25, -0.2) is 9.97 Å². The van der Waals surface area contributed by atoms with Crippen molar-refractivity contribution in [2.24, 2.45) is 0 Å². The molecule has 0 fully saturated rings. The molecule has 0 unspecified atom stereocenters. The molecule has 0 aliphatic heterocycles. The average Bonchev–Trinajstić information content (AvgIpc) is 2.54. The van der Waals surface area contributed by atoms with Crippen LogP contribution in [0.3, 0.4) is 0 Å². The summed E-state index contributed by atoms with van der Waals surface area (Å²) < 4.78 is 0. The number of nitrogens with zero attached hydrogens (tertiary/aromatic N) is 2. The van der Waals surface area contributed by atoms with Crippen molar-refractivity contribution in [1.29, 1.82) is 0 Å². The van der Waals surface area contributed by atoms with E-state index in [0.717, 1.165) is 36.5 Å². The summed E-state index contributed by atoms with van der Waals surface area (Å²) in [5.41, 5.74) is 4.99. The molecule has 1 aromatic carbocycles. The van der Waals surface area contributed by atoms with Crippen molar-refractivity contribution in [3.8, 4) is 11.4 Å². The Kier molecular flexibility index (Phi) is 3.68. The molecule has 2 aromatic rings. The Hall–Kier alpha value is -1.90. The number of aryl methyl sites for hydroxylation is 2. The molecule has 0 amide bonds. The lowest BCUT2D eigenvalue weighted by Crippen LogP contribution is -2.11. The topological polar surface area (TPSA) is 37.8 Å². The lowest BCUT2D eigenvalue weighted by Gasteiger charge is -2.18. The largest absolute Gasteiger partial charge is 0.373 e.